The molecule has 0 radical (unpaired) electrons. The van der Waals surface area contributed by atoms with E-state index in [4.69, 9.17) is 4.74 Å². The fourth-order valence-corrected chi connectivity index (χ4v) is 2.88. The average molecular weight is 307 g/mol. The average Bonchev–Trinajstić information content (AvgIpc) is 3.27. The Hall–Kier alpha value is -0.560. The lowest BCUT2D eigenvalue weighted by Gasteiger charge is -1.99. The van der Waals surface area contributed by atoms with Crippen molar-refractivity contribution in [2.75, 3.05) is 0 Å². The molecule has 0 aromatic heterocycles. The van der Waals surface area contributed by atoms with Crippen molar-refractivity contribution in [3.8, 4) is 0 Å². The Kier molecular flexibility index (Phi) is 12.5. The summed E-state index contributed by atoms with van der Waals surface area (Å²) in [4.78, 5) is 0. The predicted octanol–water partition coefficient (Wildman–Crippen LogP) is 6.98. The normalized spacial score (nSPS) is 21.2. The van der Waals surface area contributed by atoms with E-state index in [1.165, 1.54) is 77.0 Å². The molecule has 1 aliphatic rings. The molecule has 0 aliphatic carbocycles. The lowest BCUT2D eigenvalue weighted by molar-refractivity contribution is 0.372. The van der Waals surface area contributed by atoms with Crippen molar-refractivity contribution >= 4 is 0 Å². The molecule has 0 unspecified atom stereocenters. The molecule has 22 heavy (non-hydrogen) atoms. The van der Waals surface area contributed by atoms with Gasteiger partial charge in [-0.05, 0) is 25.7 Å². The minimum atomic E-state index is 0.425. The lowest BCUT2D eigenvalue weighted by Crippen LogP contribution is -1.91. The molecule has 0 aromatic rings. The summed E-state index contributed by atoms with van der Waals surface area (Å²) in [5.74, 6) is 0. The Morgan fingerprint density at radius 1 is 0.727 bits per heavy atom. The fourth-order valence-electron chi connectivity index (χ4n) is 2.88. The number of hydrogen-bond acceptors (Lipinski definition) is 1. The molecule has 0 spiro atoms. The van der Waals surface area contributed by atoms with E-state index in [9.17, 15) is 0 Å². The topological polar surface area (TPSA) is 12.5 Å². The first-order valence-electron chi connectivity index (χ1n) is 9.85. The van der Waals surface area contributed by atoms with E-state index in [2.05, 4.69) is 38.2 Å². The first kappa shape index (κ1) is 19.5. The second-order valence-corrected chi connectivity index (χ2v) is 6.68. The zero-order chi connectivity index (χ0) is 15.9. The molecule has 1 heterocycles. The third kappa shape index (κ3) is 11.1. The number of hydrogen-bond donors (Lipinski definition) is 0. The van der Waals surface area contributed by atoms with Crippen molar-refractivity contribution in [3.63, 3.8) is 0 Å². The Morgan fingerprint density at radius 2 is 1.41 bits per heavy atom. The van der Waals surface area contributed by atoms with Crippen molar-refractivity contribution in [2.45, 2.75) is 110 Å². The number of allylic oxidation sites excluding steroid dienone is 3. The van der Waals surface area contributed by atoms with Crippen molar-refractivity contribution in [2.24, 2.45) is 0 Å². The summed E-state index contributed by atoms with van der Waals surface area (Å²) in [5.41, 5.74) is 0. The van der Waals surface area contributed by atoms with Gasteiger partial charge in [0.05, 0.1) is 6.10 Å². The second-order valence-electron chi connectivity index (χ2n) is 6.68. The molecule has 1 fully saturated rings. The van der Waals surface area contributed by atoms with E-state index in [0.717, 1.165) is 6.42 Å². The van der Waals surface area contributed by atoms with Gasteiger partial charge in [0.1, 0.15) is 6.10 Å². The molecule has 1 saturated heterocycles. The van der Waals surface area contributed by atoms with Crippen LogP contribution in [0.2, 0.25) is 0 Å². The molecule has 1 rings (SSSR count). The third-order valence-electron chi connectivity index (χ3n) is 4.45. The monoisotopic (exact) mass is 306 g/mol. The molecular formula is C21H38O. The lowest BCUT2D eigenvalue weighted by atomic mass is 10.1. The van der Waals surface area contributed by atoms with E-state index in [-0.39, 0.29) is 0 Å². The fraction of sp³-hybridized carbons (Fsp3) is 0.810. The van der Waals surface area contributed by atoms with Crippen LogP contribution in [0.3, 0.4) is 0 Å². The molecule has 0 saturated carbocycles. The van der Waals surface area contributed by atoms with Gasteiger partial charge in [0, 0.05) is 0 Å². The van der Waals surface area contributed by atoms with Crippen LogP contribution in [-0.2, 0) is 4.74 Å². The summed E-state index contributed by atoms with van der Waals surface area (Å²) in [6, 6.07) is 0. The SMILES string of the molecule is CCCCC/C=C\C/C=C\[C@@H]1O[C@H]1CCCCCCCCC. The zero-order valence-corrected chi connectivity index (χ0v) is 15.1. The van der Waals surface area contributed by atoms with E-state index in [1.54, 1.807) is 0 Å². The highest BCUT2D eigenvalue weighted by molar-refractivity contribution is 5.04. The Morgan fingerprint density at radius 3 is 2.18 bits per heavy atom. The number of unbranched alkanes of at least 4 members (excludes halogenated alkanes) is 9. The molecular weight excluding hydrogens is 268 g/mol. The van der Waals surface area contributed by atoms with E-state index >= 15 is 0 Å². The second kappa shape index (κ2) is 14.1. The first-order chi connectivity index (χ1) is 10.9. The standard InChI is InChI=1S/C21H38O/c1-3-5-7-9-11-13-15-17-19-21-20(22-21)18-16-14-12-10-8-6-4-2/h11,13,17,19-21H,3-10,12,14-16,18H2,1-2H3/b13-11-,19-17-/t20-,21-/m0/s1. The first-order valence-corrected chi connectivity index (χ1v) is 9.85. The van der Waals surface area contributed by atoms with Gasteiger partial charge in [-0.1, -0.05) is 95.9 Å². The van der Waals surface area contributed by atoms with Crippen LogP contribution in [0, 0.1) is 0 Å². The Labute approximate surface area is 139 Å². The van der Waals surface area contributed by atoms with Crippen LogP contribution < -0.4 is 0 Å². The molecule has 1 heteroatoms. The Bertz CT molecular complexity index is 292. The summed E-state index contributed by atoms with van der Waals surface area (Å²) in [6.45, 7) is 4.53. The smallest absolute Gasteiger partial charge is 0.102 e. The van der Waals surface area contributed by atoms with Crippen molar-refractivity contribution in [1.29, 1.82) is 0 Å². The van der Waals surface area contributed by atoms with Gasteiger partial charge in [0.25, 0.3) is 0 Å². The molecule has 2 atom stereocenters. The number of ether oxygens (including phenoxy) is 1. The maximum Gasteiger partial charge on any atom is 0.102 e. The zero-order valence-electron chi connectivity index (χ0n) is 15.1. The van der Waals surface area contributed by atoms with Crippen LogP contribution in [0.4, 0.5) is 0 Å². The summed E-state index contributed by atoms with van der Waals surface area (Å²) in [5, 5.41) is 0. The highest BCUT2D eigenvalue weighted by Crippen LogP contribution is 2.28. The summed E-state index contributed by atoms with van der Waals surface area (Å²) in [6.07, 6.45) is 27.4. The van der Waals surface area contributed by atoms with Gasteiger partial charge in [-0.25, -0.2) is 0 Å². The molecule has 0 N–H and O–H groups in total. The van der Waals surface area contributed by atoms with Crippen LogP contribution in [-0.4, -0.2) is 12.2 Å². The van der Waals surface area contributed by atoms with Gasteiger partial charge < -0.3 is 4.74 Å². The highest BCUT2D eigenvalue weighted by atomic mass is 16.6. The van der Waals surface area contributed by atoms with E-state index < -0.39 is 0 Å². The maximum absolute atomic E-state index is 5.71. The molecule has 0 amide bonds. The van der Waals surface area contributed by atoms with Gasteiger partial charge >= 0.3 is 0 Å². The van der Waals surface area contributed by atoms with Crippen molar-refractivity contribution < 1.29 is 4.74 Å². The minimum absolute atomic E-state index is 0.425. The molecule has 1 nitrogen and oxygen atoms in total. The summed E-state index contributed by atoms with van der Waals surface area (Å²) < 4.78 is 5.71. The largest absolute Gasteiger partial charge is 0.365 e. The summed E-state index contributed by atoms with van der Waals surface area (Å²) in [7, 11) is 0. The van der Waals surface area contributed by atoms with Crippen LogP contribution in [0.15, 0.2) is 24.3 Å². The van der Waals surface area contributed by atoms with Gasteiger partial charge in [0.2, 0.25) is 0 Å². The Balaban J connectivity index is 1.86. The van der Waals surface area contributed by atoms with Gasteiger partial charge in [-0.3, -0.25) is 0 Å². The molecule has 1 aliphatic heterocycles. The van der Waals surface area contributed by atoms with Gasteiger partial charge in [-0.2, -0.15) is 0 Å². The van der Waals surface area contributed by atoms with Crippen LogP contribution in [0.5, 0.6) is 0 Å². The van der Waals surface area contributed by atoms with Gasteiger partial charge in [0.15, 0.2) is 0 Å². The van der Waals surface area contributed by atoms with E-state index in [0.29, 0.717) is 12.2 Å². The highest BCUT2D eigenvalue weighted by Gasteiger charge is 2.35. The summed E-state index contributed by atoms with van der Waals surface area (Å²) >= 11 is 0. The van der Waals surface area contributed by atoms with Crippen molar-refractivity contribution in [1.82, 2.24) is 0 Å². The van der Waals surface area contributed by atoms with Crippen LogP contribution in [0.1, 0.15) is 97.3 Å². The maximum atomic E-state index is 5.71. The van der Waals surface area contributed by atoms with Crippen molar-refractivity contribution in [3.05, 3.63) is 24.3 Å². The minimum Gasteiger partial charge on any atom is -0.365 e. The molecule has 128 valence electrons. The van der Waals surface area contributed by atoms with Gasteiger partial charge in [-0.15, -0.1) is 0 Å². The predicted molar refractivity (Wildman–Crippen MR) is 98.3 cm³/mol. The number of epoxide rings is 1. The third-order valence-corrected chi connectivity index (χ3v) is 4.45. The van der Waals surface area contributed by atoms with Crippen LogP contribution >= 0.6 is 0 Å². The molecule has 0 aromatic carbocycles. The quantitative estimate of drug-likeness (QED) is 0.181. The molecule has 0 bridgehead atoms. The van der Waals surface area contributed by atoms with E-state index in [1.807, 2.05) is 0 Å². The van der Waals surface area contributed by atoms with Crippen LogP contribution in [0.25, 0.3) is 0 Å². The number of rotatable bonds is 15.